The van der Waals surface area contributed by atoms with Crippen LogP contribution in [-0.4, -0.2) is 21.3 Å². The molecule has 0 aromatic heterocycles. The first kappa shape index (κ1) is 32.0. The normalized spacial score (nSPS) is 11.5. The van der Waals surface area contributed by atoms with Crippen LogP contribution in [0.2, 0.25) is 10.0 Å². The fraction of sp³-hybridized carbons (Fsp3) is 0.0741. The van der Waals surface area contributed by atoms with E-state index >= 15 is 0 Å². The Labute approximate surface area is 247 Å². The summed E-state index contributed by atoms with van der Waals surface area (Å²) in [5, 5.41) is 0.0313. The van der Waals surface area contributed by atoms with E-state index in [1.54, 1.807) is 0 Å². The van der Waals surface area contributed by atoms with Crippen molar-refractivity contribution in [1.82, 2.24) is 0 Å². The van der Waals surface area contributed by atoms with Gasteiger partial charge in [-0.05, 0) is 43.3 Å². The van der Waals surface area contributed by atoms with Gasteiger partial charge in [-0.3, -0.25) is 4.79 Å². The van der Waals surface area contributed by atoms with Crippen molar-refractivity contribution < 1.29 is 57.8 Å². The van der Waals surface area contributed by atoms with Crippen molar-refractivity contribution in [2.75, 3.05) is 7.11 Å². The third-order valence-corrected chi connectivity index (χ3v) is 8.32. The van der Waals surface area contributed by atoms with E-state index in [1.807, 2.05) is 0 Å². The lowest BCUT2D eigenvalue weighted by atomic mass is 10.0. The predicted molar refractivity (Wildman–Crippen MR) is 136 cm³/mol. The Morgan fingerprint density at radius 2 is 1.07 bits per heavy atom. The first-order valence-electron chi connectivity index (χ1n) is 11.3. The Kier molecular flexibility index (Phi) is 8.69. The number of hydrogen-bond acceptors (Lipinski definition) is 5. The lowest BCUT2D eigenvalue weighted by Gasteiger charge is -2.15. The topological polar surface area (TPSA) is 69.7 Å². The first-order chi connectivity index (χ1) is 20.0. The van der Waals surface area contributed by atoms with Crippen LogP contribution in [-0.2, 0) is 9.84 Å². The minimum Gasteiger partial charge on any atom is -0.494 e. The molecular weight excluding hydrogens is 659 g/mol. The fourth-order valence-electron chi connectivity index (χ4n) is 3.82. The Morgan fingerprint density at radius 3 is 1.49 bits per heavy atom. The summed E-state index contributed by atoms with van der Waals surface area (Å²) in [6, 6.07) is 6.56. The third kappa shape index (κ3) is 5.38. The van der Waals surface area contributed by atoms with Crippen LogP contribution >= 0.6 is 23.2 Å². The molecule has 0 N–H and O–H groups in total. The summed E-state index contributed by atoms with van der Waals surface area (Å²) >= 11 is 12.0. The molecule has 0 amide bonds. The molecule has 4 rings (SSSR count). The standard InChI is InChI=1S/C27H12Cl2F8O5S/c1-9-15(30)19(34)26(20(35)16(9)31)43(39,40)27-21(36)17(32)25(18(33)22(27)37)42-12-5-3-10(4-6-12)23(38)11-7-13(28)24(41-2)14(29)8-11/h3-8H,1-2H3. The maximum atomic E-state index is 14.9. The van der Waals surface area contributed by atoms with Crippen LogP contribution in [0.15, 0.2) is 46.2 Å². The number of rotatable bonds is 7. The zero-order valence-electron chi connectivity index (χ0n) is 21.2. The number of methoxy groups -OCH3 is 1. The number of sulfone groups is 1. The van der Waals surface area contributed by atoms with Crippen molar-refractivity contribution in [1.29, 1.82) is 0 Å². The van der Waals surface area contributed by atoms with Gasteiger partial charge in [0.2, 0.25) is 27.2 Å². The second-order valence-corrected chi connectivity index (χ2v) is 11.2. The van der Waals surface area contributed by atoms with E-state index in [1.165, 1.54) is 19.2 Å². The molecule has 0 saturated carbocycles. The number of ether oxygens (including phenoxy) is 2. The van der Waals surface area contributed by atoms with Crippen molar-refractivity contribution in [2.24, 2.45) is 0 Å². The summed E-state index contributed by atoms with van der Waals surface area (Å²) in [4.78, 5) is 7.71. The van der Waals surface area contributed by atoms with Crippen molar-refractivity contribution in [3.8, 4) is 17.2 Å². The van der Waals surface area contributed by atoms with Gasteiger partial charge in [-0.25, -0.2) is 34.8 Å². The van der Waals surface area contributed by atoms with Crippen LogP contribution < -0.4 is 9.47 Å². The monoisotopic (exact) mass is 670 g/mol. The summed E-state index contributed by atoms with van der Waals surface area (Å²) in [7, 11) is -4.99. The molecule has 0 atom stereocenters. The first-order valence-corrected chi connectivity index (χ1v) is 13.6. The zero-order valence-corrected chi connectivity index (χ0v) is 23.5. The van der Waals surface area contributed by atoms with Crippen LogP contribution in [0, 0.1) is 53.5 Å². The molecule has 0 saturated heterocycles. The Morgan fingerprint density at radius 1 is 0.651 bits per heavy atom. The molecule has 0 radical (unpaired) electrons. The summed E-state index contributed by atoms with van der Waals surface area (Å²) in [6.45, 7) is 0.534. The van der Waals surface area contributed by atoms with Crippen LogP contribution in [0.4, 0.5) is 35.1 Å². The van der Waals surface area contributed by atoms with Crippen LogP contribution in [0.5, 0.6) is 17.2 Å². The van der Waals surface area contributed by atoms with Gasteiger partial charge in [-0.15, -0.1) is 0 Å². The predicted octanol–water partition coefficient (Wildman–Crippen LogP) is 8.28. The molecule has 0 bridgehead atoms. The fourth-order valence-corrected chi connectivity index (χ4v) is 5.97. The second-order valence-electron chi connectivity index (χ2n) is 8.56. The molecule has 0 aliphatic heterocycles. The van der Waals surface area contributed by atoms with Crippen molar-refractivity contribution in [2.45, 2.75) is 16.7 Å². The average Bonchev–Trinajstić information content (AvgIpc) is 2.96. The summed E-state index contributed by atoms with van der Waals surface area (Å²) < 4.78 is 151. The molecule has 0 aliphatic rings. The third-order valence-electron chi connectivity index (χ3n) is 5.96. The van der Waals surface area contributed by atoms with Gasteiger partial charge < -0.3 is 9.47 Å². The van der Waals surface area contributed by atoms with Crippen LogP contribution in [0.25, 0.3) is 0 Å². The van der Waals surface area contributed by atoms with E-state index in [2.05, 4.69) is 0 Å². The highest BCUT2D eigenvalue weighted by Gasteiger charge is 2.40. The van der Waals surface area contributed by atoms with Gasteiger partial charge in [0.05, 0.1) is 17.2 Å². The maximum Gasteiger partial charge on any atom is 0.218 e. The molecule has 226 valence electrons. The summed E-state index contributed by atoms with van der Waals surface area (Å²) in [5.41, 5.74) is -1.32. The number of benzene rings is 4. The van der Waals surface area contributed by atoms with E-state index in [-0.39, 0.29) is 26.9 Å². The van der Waals surface area contributed by atoms with Crippen molar-refractivity contribution in [3.63, 3.8) is 0 Å². The van der Waals surface area contributed by atoms with Gasteiger partial charge in [0, 0.05) is 16.7 Å². The summed E-state index contributed by atoms with van der Waals surface area (Å²) in [6.07, 6.45) is 0. The number of hydrogen-bond donors (Lipinski definition) is 0. The Hall–Kier alpha value is -3.88. The van der Waals surface area contributed by atoms with Gasteiger partial charge >= 0.3 is 0 Å². The quantitative estimate of drug-likeness (QED) is 0.112. The van der Waals surface area contributed by atoms with Gasteiger partial charge in [0.15, 0.2) is 46.4 Å². The molecule has 4 aromatic rings. The highest BCUT2D eigenvalue weighted by Crippen LogP contribution is 2.40. The van der Waals surface area contributed by atoms with Crippen LogP contribution in [0.3, 0.4) is 0 Å². The van der Waals surface area contributed by atoms with Crippen molar-refractivity contribution >= 4 is 38.8 Å². The number of ketones is 1. The Balaban J connectivity index is 1.72. The van der Waals surface area contributed by atoms with E-state index in [0.29, 0.717) is 6.92 Å². The molecule has 0 fully saturated rings. The highest BCUT2D eigenvalue weighted by molar-refractivity contribution is 7.91. The maximum absolute atomic E-state index is 14.9. The zero-order chi connectivity index (χ0) is 32.1. The average molecular weight is 671 g/mol. The van der Waals surface area contributed by atoms with E-state index in [0.717, 1.165) is 24.3 Å². The largest absolute Gasteiger partial charge is 0.494 e. The van der Waals surface area contributed by atoms with Gasteiger partial charge in [-0.2, -0.15) is 8.78 Å². The summed E-state index contributed by atoms with van der Waals surface area (Å²) in [5.74, 6) is -22.9. The molecular formula is C27H12Cl2F8O5S. The molecule has 0 aliphatic carbocycles. The second kappa shape index (κ2) is 11.7. The smallest absolute Gasteiger partial charge is 0.218 e. The molecule has 0 spiro atoms. The highest BCUT2D eigenvalue weighted by atomic mass is 35.5. The number of carbonyl (C=O) groups is 1. The molecule has 16 heteroatoms. The molecule has 4 aromatic carbocycles. The van der Waals surface area contributed by atoms with Gasteiger partial charge in [0.1, 0.15) is 15.5 Å². The van der Waals surface area contributed by atoms with E-state index in [9.17, 15) is 48.3 Å². The Bertz CT molecular complexity index is 1850. The molecule has 0 heterocycles. The number of halogens is 10. The minimum atomic E-state index is -6.29. The van der Waals surface area contributed by atoms with Gasteiger partial charge in [-0.1, -0.05) is 23.2 Å². The SMILES string of the molecule is COc1c(Cl)cc(C(=O)c2ccc(Oc3c(F)c(F)c(S(=O)(=O)c4c(F)c(F)c(C)c(F)c4F)c(F)c3F)cc2)cc1Cl. The van der Waals surface area contributed by atoms with E-state index in [4.69, 9.17) is 32.7 Å². The van der Waals surface area contributed by atoms with E-state index < -0.39 is 89.0 Å². The molecule has 0 unspecified atom stereocenters. The van der Waals surface area contributed by atoms with Crippen LogP contribution in [0.1, 0.15) is 21.5 Å². The number of carbonyl (C=O) groups excluding carboxylic acids is 1. The molecule has 5 nitrogen and oxygen atoms in total. The van der Waals surface area contributed by atoms with Gasteiger partial charge in [0.25, 0.3) is 0 Å². The lowest BCUT2D eigenvalue weighted by molar-refractivity contribution is 0.103. The molecule has 43 heavy (non-hydrogen) atoms. The lowest BCUT2D eigenvalue weighted by Crippen LogP contribution is -2.17. The van der Waals surface area contributed by atoms with Crippen molar-refractivity contribution in [3.05, 3.63) is 110 Å². The minimum absolute atomic E-state index is 0.0156.